The van der Waals surface area contributed by atoms with Crippen LogP contribution in [0.25, 0.3) is 0 Å². The standard InChI is InChI=1S/C10H11F2NO3/c1-10(2,13(15)16)9(14)6-4-3-5-7(11)8(6)12/h3-5,9,14H,1-2H3. The minimum Gasteiger partial charge on any atom is -0.381 e. The predicted octanol–water partition coefficient (Wildman–Crippen LogP) is 2.05. The van der Waals surface area contributed by atoms with Gasteiger partial charge in [0.15, 0.2) is 17.7 Å². The van der Waals surface area contributed by atoms with Gasteiger partial charge in [0, 0.05) is 24.3 Å². The molecule has 0 heterocycles. The van der Waals surface area contributed by atoms with E-state index in [2.05, 4.69) is 0 Å². The quantitative estimate of drug-likeness (QED) is 0.639. The number of nitro groups is 1. The first-order valence-corrected chi connectivity index (χ1v) is 4.55. The number of rotatable bonds is 3. The molecule has 0 aromatic heterocycles. The minimum absolute atomic E-state index is 0.415. The third-order valence-electron chi connectivity index (χ3n) is 2.42. The van der Waals surface area contributed by atoms with Crippen molar-refractivity contribution in [1.82, 2.24) is 0 Å². The highest BCUT2D eigenvalue weighted by Gasteiger charge is 2.42. The van der Waals surface area contributed by atoms with Crippen molar-refractivity contribution in [3.8, 4) is 0 Å². The summed E-state index contributed by atoms with van der Waals surface area (Å²) in [6.07, 6.45) is -1.71. The maximum atomic E-state index is 13.3. The van der Waals surface area contributed by atoms with Crippen molar-refractivity contribution in [2.24, 2.45) is 0 Å². The lowest BCUT2D eigenvalue weighted by molar-refractivity contribution is -0.575. The molecule has 0 bridgehead atoms. The SMILES string of the molecule is CC(C)(C(O)c1cccc(F)c1F)[N+](=O)[O-]. The molecule has 4 nitrogen and oxygen atoms in total. The van der Waals surface area contributed by atoms with Gasteiger partial charge in [-0.25, -0.2) is 8.78 Å². The molecule has 0 aliphatic rings. The minimum atomic E-state index is -1.78. The molecule has 1 N–H and O–H groups in total. The molecule has 1 aromatic rings. The molecule has 0 amide bonds. The topological polar surface area (TPSA) is 63.4 Å². The van der Waals surface area contributed by atoms with Crippen LogP contribution in [0, 0.1) is 21.7 Å². The van der Waals surface area contributed by atoms with Gasteiger partial charge in [0.2, 0.25) is 5.54 Å². The van der Waals surface area contributed by atoms with E-state index in [4.69, 9.17) is 0 Å². The summed E-state index contributed by atoms with van der Waals surface area (Å²) in [5.74, 6) is -2.40. The number of hydrogen-bond acceptors (Lipinski definition) is 3. The van der Waals surface area contributed by atoms with Gasteiger partial charge in [0.05, 0.1) is 0 Å². The van der Waals surface area contributed by atoms with Crippen molar-refractivity contribution >= 4 is 0 Å². The number of nitrogens with zero attached hydrogens (tertiary/aromatic N) is 1. The van der Waals surface area contributed by atoms with Crippen molar-refractivity contribution in [1.29, 1.82) is 0 Å². The molecule has 0 spiro atoms. The Kier molecular flexibility index (Phi) is 3.23. The number of aliphatic hydroxyl groups is 1. The second-order valence-electron chi connectivity index (χ2n) is 3.96. The molecule has 16 heavy (non-hydrogen) atoms. The first kappa shape index (κ1) is 12.5. The van der Waals surface area contributed by atoms with Crippen LogP contribution in [0.1, 0.15) is 25.5 Å². The van der Waals surface area contributed by atoms with Gasteiger partial charge in [-0.1, -0.05) is 12.1 Å². The van der Waals surface area contributed by atoms with Crippen molar-refractivity contribution in [3.63, 3.8) is 0 Å². The molecule has 0 saturated heterocycles. The lowest BCUT2D eigenvalue weighted by Gasteiger charge is -2.22. The third-order valence-corrected chi connectivity index (χ3v) is 2.42. The smallest absolute Gasteiger partial charge is 0.246 e. The zero-order chi connectivity index (χ0) is 12.5. The summed E-state index contributed by atoms with van der Waals surface area (Å²) < 4.78 is 26.2. The Morgan fingerprint density at radius 2 is 2.00 bits per heavy atom. The van der Waals surface area contributed by atoms with Crippen LogP contribution in [0.3, 0.4) is 0 Å². The Bertz CT molecular complexity index is 421. The Hall–Kier alpha value is -1.56. The van der Waals surface area contributed by atoms with E-state index in [1.54, 1.807) is 0 Å². The average molecular weight is 231 g/mol. The van der Waals surface area contributed by atoms with Gasteiger partial charge in [0.1, 0.15) is 0 Å². The highest BCUT2D eigenvalue weighted by molar-refractivity contribution is 5.23. The molecule has 6 heteroatoms. The monoisotopic (exact) mass is 231 g/mol. The van der Waals surface area contributed by atoms with E-state index in [1.165, 1.54) is 6.07 Å². The van der Waals surface area contributed by atoms with Crippen LogP contribution in [0.15, 0.2) is 18.2 Å². The summed E-state index contributed by atoms with van der Waals surface area (Å²) in [7, 11) is 0. The molecular weight excluding hydrogens is 220 g/mol. The molecule has 0 saturated carbocycles. The molecule has 0 fully saturated rings. The highest BCUT2D eigenvalue weighted by atomic mass is 19.2. The normalized spacial score (nSPS) is 13.6. The van der Waals surface area contributed by atoms with E-state index in [1.807, 2.05) is 0 Å². The van der Waals surface area contributed by atoms with E-state index in [0.29, 0.717) is 0 Å². The molecule has 1 atom stereocenters. The molecule has 0 aliphatic carbocycles. The summed E-state index contributed by atoms with van der Waals surface area (Å²) in [4.78, 5) is 9.93. The van der Waals surface area contributed by atoms with Crippen LogP contribution in [0.2, 0.25) is 0 Å². The summed E-state index contributed by atoms with van der Waals surface area (Å²) in [5, 5.41) is 20.3. The van der Waals surface area contributed by atoms with E-state index in [-0.39, 0.29) is 0 Å². The van der Waals surface area contributed by atoms with Crippen LogP contribution < -0.4 is 0 Å². The summed E-state index contributed by atoms with van der Waals surface area (Å²) >= 11 is 0. The Morgan fingerprint density at radius 1 is 1.44 bits per heavy atom. The fourth-order valence-electron chi connectivity index (χ4n) is 1.21. The number of hydrogen-bond donors (Lipinski definition) is 1. The van der Waals surface area contributed by atoms with Crippen LogP contribution in [-0.2, 0) is 0 Å². The Balaban J connectivity index is 3.20. The van der Waals surface area contributed by atoms with Crippen LogP contribution >= 0.6 is 0 Å². The van der Waals surface area contributed by atoms with Gasteiger partial charge >= 0.3 is 0 Å². The second-order valence-corrected chi connectivity index (χ2v) is 3.96. The Morgan fingerprint density at radius 3 is 2.50 bits per heavy atom. The lowest BCUT2D eigenvalue weighted by atomic mass is 9.91. The number of aliphatic hydroxyl groups excluding tert-OH is 1. The number of benzene rings is 1. The molecular formula is C10H11F2NO3. The number of halogens is 2. The third kappa shape index (κ3) is 2.01. The van der Waals surface area contributed by atoms with Crippen LogP contribution in [0.4, 0.5) is 8.78 Å². The zero-order valence-corrected chi connectivity index (χ0v) is 8.78. The van der Waals surface area contributed by atoms with E-state index in [9.17, 15) is 24.0 Å². The van der Waals surface area contributed by atoms with Crippen molar-refractivity contribution < 1.29 is 18.8 Å². The van der Waals surface area contributed by atoms with Crippen molar-refractivity contribution in [2.75, 3.05) is 0 Å². The van der Waals surface area contributed by atoms with Crippen LogP contribution in [-0.4, -0.2) is 15.6 Å². The van der Waals surface area contributed by atoms with E-state index in [0.717, 1.165) is 26.0 Å². The molecule has 88 valence electrons. The van der Waals surface area contributed by atoms with Gasteiger partial charge in [-0.05, 0) is 6.07 Å². The predicted molar refractivity (Wildman–Crippen MR) is 52.4 cm³/mol. The zero-order valence-electron chi connectivity index (χ0n) is 8.78. The first-order valence-electron chi connectivity index (χ1n) is 4.55. The molecule has 1 rings (SSSR count). The van der Waals surface area contributed by atoms with Gasteiger partial charge in [0.25, 0.3) is 0 Å². The maximum absolute atomic E-state index is 13.3. The summed E-state index contributed by atoms with van der Waals surface area (Å²) in [6, 6.07) is 3.19. The average Bonchev–Trinajstić information content (AvgIpc) is 2.21. The largest absolute Gasteiger partial charge is 0.381 e. The van der Waals surface area contributed by atoms with Gasteiger partial charge in [-0.2, -0.15) is 0 Å². The fraction of sp³-hybridized carbons (Fsp3) is 0.400. The molecule has 0 radical (unpaired) electrons. The van der Waals surface area contributed by atoms with Gasteiger partial charge < -0.3 is 5.11 Å². The lowest BCUT2D eigenvalue weighted by Crippen LogP contribution is -2.38. The summed E-state index contributed by atoms with van der Waals surface area (Å²) in [5.41, 5.74) is -2.20. The summed E-state index contributed by atoms with van der Waals surface area (Å²) in [6.45, 7) is 2.28. The second kappa shape index (κ2) is 4.13. The Labute approximate surface area is 90.7 Å². The maximum Gasteiger partial charge on any atom is 0.246 e. The van der Waals surface area contributed by atoms with Crippen molar-refractivity contribution in [3.05, 3.63) is 45.5 Å². The fourth-order valence-corrected chi connectivity index (χ4v) is 1.21. The first-order chi connectivity index (χ1) is 7.28. The molecule has 0 aliphatic heterocycles. The van der Waals surface area contributed by atoms with E-state index >= 15 is 0 Å². The molecule has 1 unspecified atom stereocenters. The van der Waals surface area contributed by atoms with E-state index < -0.39 is 33.8 Å². The highest BCUT2D eigenvalue weighted by Crippen LogP contribution is 2.30. The van der Waals surface area contributed by atoms with Gasteiger partial charge in [-0.3, -0.25) is 10.1 Å². The van der Waals surface area contributed by atoms with Crippen LogP contribution in [0.5, 0.6) is 0 Å². The van der Waals surface area contributed by atoms with Gasteiger partial charge in [-0.15, -0.1) is 0 Å². The molecule has 1 aromatic carbocycles. The van der Waals surface area contributed by atoms with Crippen molar-refractivity contribution in [2.45, 2.75) is 25.5 Å².